The van der Waals surface area contributed by atoms with Gasteiger partial charge < -0.3 is 33.5 Å². The van der Waals surface area contributed by atoms with Crippen LogP contribution in [0, 0.1) is 6.92 Å². The molecule has 0 unspecified atom stereocenters. The number of piperazine rings is 1. The van der Waals surface area contributed by atoms with Crippen molar-refractivity contribution < 1.29 is 28.3 Å². The molecule has 0 spiro atoms. The van der Waals surface area contributed by atoms with Crippen LogP contribution in [0.4, 0.5) is 16.2 Å². The Morgan fingerprint density at radius 3 is 2.38 bits per heavy atom. The number of carbonyl (C=O) groups is 3. The predicted octanol–water partition coefficient (Wildman–Crippen LogP) is 7.30. The number of hydrogen-bond acceptors (Lipinski definition) is 8. The van der Waals surface area contributed by atoms with Gasteiger partial charge in [-0.05, 0) is 70.9 Å². The molecule has 2 fully saturated rings. The third-order valence-corrected chi connectivity index (χ3v) is 9.45. The number of aromatic nitrogens is 1. The maximum atomic E-state index is 14.0. The summed E-state index contributed by atoms with van der Waals surface area (Å²) in [5, 5.41) is 1.06. The summed E-state index contributed by atoms with van der Waals surface area (Å²) >= 11 is 6.70. The van der Waals surface area contributed by atoms with Gasteiger partial charge in [-0.15, -0.1) is 0 Å². The minimum Gasteiger partial charge on any atom is -0.456 e. The number of carbonyl (C=O) groups excluding carboxylic acids is 3. The molecule has 11 nitrogen and oxygen atoms in total. The van der Waals surface area contributed by atoms with Gasteiger partial charge in [0.2, 0.25) is 5.91 Å². The minimum absolute atomic E-state index is 0.179. The first-order chi connectivity index (χ1) is 24.0. The van der Waals surface area contributed by atoms with Gasteiger partial charge >= 0.3 is 6.09 Å². The van der Waals surface area contributed by atoms with E-state index in [1.807, 2.05) is 45.9 Å². The predicted molar refractivity (Wildman–Crippen MR) is 192 cm³/mol. The third kappa shape index (κ3) is 6.87. The van der Waals surface area contributed by atoms with Gasteiger partial charge in [-0.3, -0.25) is 14.6 Å². The van der Waals surface area contributed by atoms with Gasteiger partial charge in [0.1, 0.15) is 34.0 Å². The van der Waals surface area contributed by atoms with E-state index in [2.05, 4.69) is 16.0 Å². The lowest BCUT2D eigenvalue weighted by Gasteiger charge is -2.38. The molecule has 0 N–H and O–H groups in total. The average molecular weight is 698 g/mol. The fourth-order valence-electron chi connectivity index (χ4n) is 6.42. The number of halogens is 1. The molecular weight excluding hydrogens is 658 g/mol. The van der Waals surface area contributed by atoms with Crippen molar-refractivity contribution in [3.63, 3.8) is 0 Å². The van der Waals surface area contributed by atoms with Crippen LogP contribution in [-0.4, -0.2) is 83.6 Å². The lowest BCUT2D eigenvalue weighted by molar-refractivity contribution is -0.127. The first-order valence-corrected chi connectivity index (χ1v) is 17.3. The topological polar surface area (TPSA) is 109 Å². The number of para-hydroxylation sites is 2. The van der Waals surface area contributed by atoms with Crippen molar-refractivity contribution in [3.05, 3.63) is 82.8 Å². The van der Waals surface area contributed by atoms with E-state index in [9.17, 15) is 14.4 Å². The molecule has 0 atom stereocenters. The van der Waals surface area contributed by atoms with Crippen LogP contribution in [0.15, 0.2) is 65.4 Å². The first-order valence-electron chi connectivity index (χ1n) is 16.9. The van der Waals surface area contributed by atoms with Gasteiger partial charge in [0, 0.05) is 80.8 Å². The lowest BCUT2D eigenvalue weighted by Crippen LogP contribution is -2.51. The Morgan fingerprint density at radius 2 is 1.66 bits per heavy atom. The zero-order valence-corrected chi connectivity index (χ0v) is 29.4. The zero-order valence-electron chi connectivity index (χ0n) is 28.6. The number of amides is 3. The lowest BCUT2D eigenvalue weighted by atomic mass is 10.1. The van der Waals surface area contributed by atoms with Crippen LogP contribution in [0.5, 0.6) is 11.5 Å². The molecule has 4 aromatic rings. The summed E-state index contributed by atoms with van der Waals surface area (Å²) in [6, 6.07) is 13.7. The second-order valence-corrected chi connectivity index (χ2v) is 14.2. The number of pyridine rings is 1. The standard InChI is InChI=1S/C38H40ClN5O6/c1-24-26-21-34(28(39)22-33(26)48-31(24)11-12-35(45)41-15-17-42(18-16-41)37(47)50-38(2,3)4)49-32-13-14-40-23-27(32)36(46)44-20-19-43(25-9-10-25)29-7-5-6-8-30(29)44/h5-8,11-14,21-23,25H,9-10,15-20H2,1-4H3/b12-11+. The van der Waals surface area contributed by atoms with E-state index in [4.69, 9.17) is 25.5 Å². The summed E-state index contributed by atoms with van der Waals surface area (Å²) < 4.78 is 17.9. The number of hydrogen-bond donors (Lipinski definition) is 0. The zero-order chi connectivity index (χ0) is 35.2. The number of fused-ring (bicyclic) bond motifs is 2. The number of furan rings is 1. The van der Waals surface area contributed by atoms with Crippen LogP contribution in [-0.2, 0) is 9.53 Å². The molecule has 7 rings (SSSR count). The van der Waals surface area contributed by atoms with Crippen molar-refractivity contribution in [2.24, 2.45) is 0 Å². The van der Waals surface area contributed by atoms with Gasteiger partial charge in [0.05, 0.1) is 16.4 Å². The molecule has 50 heavy (non-hydrogen) atoms. The van der Waals surface area contributed by atoms with Gasteiger partial charge in [0.25, 0.3) is 5.91 Å². The average Bonchev–Trinajstić information content (AvgIpc) is 3.90. The van der Waals surface area contributed by atoms with Crippen LogP contribution in [0.1, 0.15) is 55.3 Å². The molecule has 2 aromatic carbocycles. The van der Waals surface area contributed by atoms with E-state index in [1.54, 1.807) is 45.2 Å². The molecule has 4 heterocycles. The van der Waals surface area contributed by atoms with E-state index in [0.717, 1.165) is 28.9 Å². The smallest absolute Gasteiger partial charge is 0.410 e. The molecule has 0 bridgehead atoms. The fraction of sp³-hybridized carbons (Fsp3) is 0.368. The highest BCUT2D eigenvalue weighted by molar-refractivity contribution is 6.32. The minimum atomic E-state index is -0.576. The monoisotopic (exact) mass is 697 g/mol. The fourth-order valence-corrected chi connectivity index (χ4v) is 6.61. The van der Waals surface area contributed by atoms with Gasteiger partial charge in [-0.1, -0.05) is 23.7 Å². The first kappa shape index (κ1) is 33.5. The Hall–Kier alpha value is -5.03. The Labute approximate surface area is 296 Å². The Balaban J connectivity index is 1.06. The van der Waals surface area contributed by atoms with Crippen LogP contribution in [0.2, 0.25) is 5.02 Å². The summed E-state index contributed by atoms with van der Waals surface area (Å²) in [7, 11) is 0. The molecule has 1 saturated carbocycles. The van der Waals surface area contributed by atoms with Crippen molar-refractivity contribution in [3.8, 4) is 11.5 Å². The molecule has 1 saturated heterocycles. The number of ether oxygens (including phenoxy) is 2. The number of nitrogens with zero attached hydrogens (tertiary/aromatic N) is 5. The number of anilines is 2. The third-order valence-electron chi connectivity index (χ3n) is 9.16. The molecule has 3 amide bonds. The highest BCUT2D eigenvalue weighted by atomic mass is 35.5. The molecule has 2 aromatic heterocycles. The second kappa shape index (κ2) is 13.4. The van der Waals surface area contributed by atoms with Gasteiger partial charge in [-0.2, -0.15) is 0 Å². The normalized spacial score (nSPS) is 16.6. The van der Waals surface area contributed by atoms with Crippen molar-refractivity contribution >= 4 is 57.9 Å². The van der Waals surface area contributed by atoms with Crippen molar-refractivity contribution in [2.45, 2.75) is 52.2 Å². The Kier molecular flexibility index (Phi) is 8.94. The van der Waals surface area contributed by atoms with Crippen LogP contribution in [0.3, 0.4) is 0 Å². The van der Waals surface area contributed by atoms with Crippen LogP contribution >= 0.6 is 11.6 Å². The second-order valence-electron chi connectivity index (χ2n) is 13.8. The van der Waals surface area contributed by atoms with Crippen molar-refractivity contribution in [1.82, 2.24) is 14.8 Å². The van der Waals surface area contributed by atoms with Crippen molar-refractivity contribution in [1.29, 1.82) is 0 Å². The number of benzene rings is 2. The molecule has 260 valence electrons. The molecule has 3 aliphatic rings. The molecule has 12 heteroatoms. The SMILES string of the molecule is Cc1c(/C=C/C(=O)N2CCN(C(=O)OC(C)(C)C)CC2)oc2cc(Cl)c(Oc3ccncc3C(=O)N3CCN(C4CC4)c4ccccc43)cc12. The largest absolute Gasteiger partial charge is 0.456 e. The van der Waals surface area contributed by atoms with Crippen LogP contribution in [0.25, 0.3) is 17.0 Å². The van der Waals surface area contributed by atoms with E-state index in [0.29, 0.717) is 72.2 Å². The summed E-state index contributed by atoms with van der Waals surface area (Å²) in [6.45, 7) is 10.3. The molecule has 2 aliphatic heterocycles. The Morgan fingerprint density at radius 1 is 0.940 bits per heavy atom. The van der Waals surface area contributed by atoms with Crippen molar-refractivity contribution in [2.75, 3.05) is 49.1 Å². The van der Waals surface area contributed by atoms with E-state index < -0.39 is 5.60 Å². The summed E-state index contributed by atoms with van der Waals surface area (Å²) in [5.74, 6) is 0.833. The highest BCUT2D eigenvalue weighted by Crippen LogP contribution is 2.42. The van der Waals surface area contributed by atoms with E-state index >= 15 is 0 Å². The van der Waals surface area contributed by atoms with Crippen LogP contribution < -0.4 is 14.5 Å². The maximum absolute atomic E-state index is 14.0. The number of rotatable bonds is 6. The van der Waals surface area contributed by atoms with Gasteiger partial charge in [0.15, 0.2) is 0 Å². The number of aryl methyl sites for hydroxylation is 1. The summed E-state index contributed by atoms with van der Waals surface area (Å²) in [6.07, 6.45) is 8.21. The molecular formula is C38H40ClN5O6. The molecule has 0 radical (unpaired) electrons. The summed E-state index contributed by atoms with van der Waals surface area (Å²) in [5.41, 5.74) is 3.04. The Bertz CT molecular complexity index is 1990. The van der Waals surface area contributed by atoms with E-state index in [-0.39, 0.29) is 17.9 Å². The van der Waals surface area contributed by atoms with E-state index in [1.165, 1.54) is 25.1 Å². The van der Waals surface area contributed by atoms with Gasteiger partial charge in [-0.25, -0.2) is 4.79 Å². The quantitative estimate of drug-likeness (QED) is 0.193. The maximum Gasteiger partial charge on any atom is 0.410 e. The highest BCUT2D eigenvalue weighted by Gasteiger charge is 2.36. The summed E-state index contributed by atoms with van der Waals surface area (Å²) in [4.78, 5) is 51.2. The molecule has 1 aliphatic carbocycles.